The monoisotopic (exact) mass is 330 g/mol. The molecule has 1 unspecified atom stereocenters. The summed E-state index contributed by atoms with van der Waals surface area (Å²) in [7, 11) is 3.45. The minimum atomic E-state index is 0.255. The standard InChI is InChI=1S/C17H34N2O4/c1-16(20)13-19-9-7-18(8-10-19)6-4-11-23-15-17(14-22-3)5-12-21-2/h17H,4-15H2,1-3H3. The Morgan fingerprint density at radius 1 is 1.00 bits per heavy atom. The smallest absolute Gasteiger partial charge is 0.143 e. The van der Waals surface area contributed by atoms with Crippen molar-refractivity contribution in [2.75, 3.05) is 79.9 Å². The minimum Gasteiger partial charge on any atom is -0.385 e. The number of piperazine rings is 1. The van der Waals surface area contributed by atoms with Crippen LogP contribution in [0.25, 0.3) is 0 Å². The normalized spacial score (nSPS) is 18.2. The van der Waals surface area contributed by atoms with E-state index in [-0.39, 0.29) is 5.78 Å². The SMILES string of the molecule is COCCC(COC)COCCCN1CCN(CC(C)=O)CC1. The van der Waals surface area contributed by atoms with Gasteiger partial charge >= 0.3 is 0 Å². The molecule has 1 heterocycles. The summed E-state index contributed by atoms with van der Waals surface area (Å²) in [5, 5.41) is 0. The fraction of sp³-hybridized carbons (Fsp3) is 0.941. The molecule has 0 N–H and O–H groups in total. The van der Waals surface area contributed by atoms with Gasteiger partial charge in [-0.2, -0.15) is 0 Å². The molecule has 0 amide bonds. The summed E-state index contributed by atoms with van der Waals surface area (Å²) in [5.41, 5.74) is 0. The molecule has 0 radical (unpaired) electrons. The number of rotatable bonds is 13. The molecule has 0 aromatic rings. The molecule has 136 valence electrons. The summed E-state index contributed by atoms with van der Waals surface area (Å²) >= 11 is 0. The van der Waals surface area contributed by atoms with Gasteiger partial charge in [-0.15, -0.1) is 0 Å². The topological polar surface area (TPSA) is 51.2 Å². The summed E-state index contributed by atoms with van der Waals surface area (Å²) in [6.45, 7) is 10.4. The van der Waals surface area contributed by atoms with Crippen molar-refractivity contribution >= 4 is 5.78 Å². The maximum atomic E-state index is 11.1. The largest absolute Gasteiger partial charge is 0.385 e. The molecule has 1 saturated heterocycles. The molecule has 6 nitrogen and oxygen atoms in total. The maximum absolute atomic E-state index is 11.1. The number of ether oxygens (including phenoxy) is 3. The van der Waals surface area contributed by atoms with Gasteiger partial charge in [-0.1, -0.05) is 0 Å². The first kappa shape index (κ1) is 20.5. The van der Waals surface area contributed by atoms with Gasteiger partial charge in [-0.3, -0.25) is 9.69 Å². The average Bonchev–Trinajstić information content (AvgIpc) is 2.53. The first-order chi connectivity index (χ1) is 11.2. The summed E-state index contributed by atoms with van der Waals surface area (Å²) in [6.07, 6.45) is 2.03. The summed E-state index contributed by atoms with van der Waals surface area (Å²) in [6, 6.07) is 0. The van der Waals surface area contributed by atoms with Gasteiger partial charge in [0.05, 0.1) is 19.8 Å². The molecule has 1 atom stereocenters. The highest BCUT2D eigenvalue weighted by Crippen LogP contribution is 2.06. The highest BCUT2D eigenvalue weighted by molar-refractivity contribution is 5.77. The number of methoxy groups -OCH3 is 2. The highest BCUT2D eigenvalue weighted by atomic mass is 16.5. The summed E-state index contributed by atoms with van der Waals surface area (Å²) in [5.74, 6) is 0.668. The number of ketones is 1. The Kier molecular flexibility index (Phi) is 11.5. The Morgan fingerprint density at radius 2 is 1.70 bits per heavy atom. The number of Topliss-reactive ketones (excluding diaryl/α,β-unsaturated/α-hetero) is 1. The Balaban J connectivity index is 2.03. The number of hydrogen-bond acceptors (Lipinski definition) is 6. The van der Waals surface area contributed by atoms with Gasteiger partial charge in [-0.25, -0.2) is 0 Å². The molecule has 0 saturated carbocycles. The molecular weight excluding hydrogens is 296 g/mol. The lowest BCUT2D eigenvalue weighted by Crippen LogP contribution is -2.47. The van der Waals surface area contributed by atoms with Crippen LogP contribution in [0.5, 0.6) is 0 Å². The van der Waals surface area contributed by atoms with Crippen molar-refractivity contribution in [3.05, 3.63) is 0 Å². The molecule has 0 spiro atoms. The van der Waals surface area contributed by atoms with Gasteiger partial charge in [0.1, 0.15) is 5.78 Å². The third-order valence-electron chi connectivity index (χ3n) is 4.16. The first-order valence-electron chi connectivity index (χ1n) is 8.65. The molecule has 0 aromatic heterocycles. The van der Waals surface area contributed by atoms with E-state index in [0.717, 1.165) is 72.0 Å². The molecule has 0 bridgehead atoms. The van der Waals surface area contributed by atoms with E-state index >= 15 is 0 Å². The highest BCUT2D eigenvalue weighted by Gasteiger charge is 2.17. The number of carbonyl (C=O) groups is 1. The molecular formula is C17H34N2O4. The Bertz CT molecular complexity index is 307. The van der Waals surface area contributed by atoms with Crippen LogP contribution in [0.1, 0.15) is 19.8 Å². The van der Waals surface area contributed by atoms with E-state index in [1.165, 1.54) is 0 Å². The maximum Gasteiger partial charge on any atom is 0.143 e. The van der Waals surface area contributed by atoms with E-state index in [1.807, 2.05) is 0 Å². The molecule has 1 rings (SSSR count). The molecule has 6 heteroatoms. The zero-order valence-corrected chi connectivity index (χ0v) is 15.1. The van der Waals surface area contributed by atoms with Crippen molar-refractivity contribution in [2.45, 2.75) is 19.8 Å². The van der Waals surface area contributed by atoms with E-state index in [1.54, 1.807) is 21.1 Å². The predicted molar refractivity (Wildman–Crippen MR) is 90.9 cm³/mol. The molecule has 0 aliphatic carbocycles. The van der Waals surface area contributed by atoms with Crippen molar-refractivity contribution in [3.63, 3.8) is 0 Å². The minimum absolute atomic E-state index is 0.255. The zero-order valence-electron chi connectivity index (χ0n) is 15.1. The van der Waals surface area contributed by atoms with Crippen LogP contribution in [0.15, 0.2) is 0 Å². The molecule has 23 heavy (non-hydrogen) atoms. The molecule has 1 fully saturated rings. The predicted octanol–water partition coefficient (Wildman–Crippen LogP) is 0.899. The van der Waals surface area contributed by atoms with Crippen molar-refractivity contribution in [1.82, 2.24) is 9.80 Å². The number of hydrogen-bond donors (Lipinski definition) is 0. The van der Waals surface area contributed by atoms with Crippen molar-refractivity contribution in [3.8, 4) is 0 Å². The van der Waals surface area contributed by atoms with E-state index in [4.69, 9.17) is 14.2 Å². The fourth-order valence-corrected chi connectivity index (χ4v) is 2.86. The Hall–Kier alpha value is -0.530. The first-order valence-corrected chi connectivity index (χ1v) is 8.65. The van der Waals surface area contributed by atoms with E-state index in [2.05, 4.69) is 9.80 Å². The van der Waals surface area contributed by atoms with Gasteiger partial charge in [0.25, 0.3) is 0 Å². The van der Waals surface area contributed by atoms with E-state index < -0.39 is 0 Å². The van der Waals surface area contributed by atoms with Gasteiger partial charge in [0.15, 0.2) is 0 Å². The quantitative estimate of drug-likeness (QED) is 0.468. The van der Waals surface area contributed by atoms with Crippen LogP contribution < -0.4 is 0 Å². The lowest BCUT2D eigenvalue weighted by atomic mass is 10.1. The summed E-state index contributed by atoms with van der Waals surface area (Å²) < 4.78 is 16.1. The second-order valence-electron chi connectivity index (χ2n) is 6.35. The van der Waals surface area contributed by atoms with E-state index in [0.29, 0.717) is 12.5 Å². The van der Waals surface area contributed by atoms with Crippen LogP contribution in [0.2, 0.25) is 0 Å². The Labute approximate surface area is 141 Å². The molecule has 1 aliphatic rings. The second-order valence-corrected chi connectivity index (χ2v) is 6.35. The van der Waals surface area contributed by atoms with Crippen molar-refractivity contribution in [2.24, 2.45) is 5.92 Å². The third kappa shape index (κ3) is 10.0. The third-order valence-corrected chi connectivity index (χ3v) is 4.16. The van der Waals surface area contributed by atoms with Crippen LogP contribution in [-0.2, 0) is 19.0 Å². The van der Waals surface area contributed by atoms with E-state index in [9.17, 15) is 4.79 Å². The van der Waals surface area contributed by atoms with Gasteiger partial charge in [0, 0.05) is 66.1 Å². The van der Waals surface area contributed by atoms with Crippen LogP contribution in [0, 0.1) is 5.92 Å². The van der Waals surface area contributed by atoms with Crippen LogP contribution in [0.4, 0.5) is 0 Å². The van der Waals surface area contributed by atoms with Crippen LogP contribution in [-0.4, -0.2) is 95.5 Å². The van der Waals surface area contributed by atoms with Crippen LogP contribution >= 0.6 is 0 Å². The van der Waals surface area contributed by atoms with Gasteiger partial charge < -0.3 is 19.1 Å². The Morgan fingerprint density at radius 3 is 2.30 bits per heavy atom. The summed E-state index contributed by atoms with van der Waals surface area (Å²) in [4.78, 5) is 15.8. The zero-order chi connectivity index (χ0) is 16.9. The van der Waals surface area contributed by atoms with Crippen molar-refractivity contribution in [1.29, 1.82) is 0 Å². The molecule has 0 aromatic carbocycles. The number of carbonyl (C=O) groups excluding carboxylic acids is 1. The lowest BCUT2D eigenvalue weighted by Gasteiger charge is -2.34. The average molecular weight is 330 g/mol. The van der Waals surface area contributed by atoms with Crippen molar-refractivity contribution < 1.29 is 19.0 Å². The van der Waals surface area contributed by atoms with Gasteiger partial charge in [-0.05, 0) is 19.8 Å². The van der Waals surface area contributed by atoms with Gasteiger partial charge in [0.2, 0.25) is 0 Å². The van der Waals surface area contributed by atoms with Crippen LogP contribution in [0.3, 0.4) is 0 Å². The second kappa shape index (κ2) is 12.8. The number of nitrogens with zero attached hydrogens (tertiary/aromatic N) is 2. The molecule has 1 aliphatic heterocycles. The lowest BCUT2D eigenvalue weighted by molar-refractivity contribution is -0.118. The fourth-order valence-electron chi connectivity index (χ4n) is 2.86.